The van der Waals surface area contributed by atoms with Crippen LogP contribution in [0, 0.1) is 0 Å². The van der Waals surface area contributed by atoms with E-state index in [-0.39, 0.29) is 0 Å². The molecule has 0 atom stereocenters. The summed E-state index contributed by atoms with van der Waals surface area (Å²) in [7, 11) is 2.17. The normalized spacial score (nSPS) is 15.2. The molecule has 0 spiro atoms. The number of piperazine rings is 1. The maximum Gasteiger partial charge on any atom is 0.159 e. The topological polar surface area (TPSA) is 88.8 Å². The highest BCUT2D eigenvalue weighted by Crippen LogP contribution is 2.32. The van der Waals surface area contributed by atoms with Gasteiger partial charge in [-0.25, -0.2) is 4.98 Å². The van der Waals surface area contributed by atoms with Crippen LogP contribution in [0.4, 0.5) is 5.69 Å². The van der Waals surface area contributed by atoms with Crippen LogP contribution in [0.25, 0.3) is 39.0 Å². The van der Waals surface area contributed by atoms with Gasteiger partial charge in [-0.15, -0.1) is 0 Å². The molecule has 1 aliphatic heterocycles. The Kier molecular flexibility index (Phi) is 7.75. The lowest BCUT2D eigenvalue weighted by Gasteiger charge is -2.34. The smallest absolute Gasteiger partial charge is 0.159 e. The summed E-state index contributed by atoms with van der Waals surface area (Å²) in [6, 6.07) is 18.8. The van der Waals surface area contributed by atoms with Gasteiger partial charge in [0.1, 0.15) is 11.2 Å². The number of aromatic nitrogens is 5. The van der Waals surface area contributed by atoms with Crippen molar-refractivity contribution in [2.75, 3.05) is 44.7 Å². The van der Waals surface area contributed by atoms with E-state index in [1.54, 1.807) is 0 Å². The maximum absolute atomic E-state index is 5.05. The number of para-hydroxylation sites is 1. The highest BCUT2D eigenvalue weighted by molar-refractivity contribution is 5.96. The molecule has 0 saturated carbocycles. The molecule has 0 amide bonds. The Labute approximate surface area is 240 Å². The molecule has 0 aliphatic carbocycles. The van der Waals surface area contributed by atoms with E-state index in [0.29, 0.717) is 6.54 Å². The van der Waals surface area contributed by atoms with Crippen molar-refractivity contribution in [3.63, 3.8) is 0 Å². The van der Waals surface area contributed by atoms with Crippen LogP contribution in [0.3, 0.4) is 0 Å². The summed E-state index contributed by atoms with van der Waals surface area (Å²) in [4.78, 5) is 18.1. The van der Waals surface area contributed by atoms with Crippen molar-refractivity contribution in [1.29, 1.82) is 0 Å². The van der Waals surface area contributed by atoms with Gasteiger partial charge in [0, 0.05) is 44.7 Å². The molecule has 1 aliphatic rings. The molecule has 2 aromatic carbocycles. The molecule has 1 saturated heterocycles. The van der Waals surface area contributed by atoms with Gasteiger partial charge in [0.05, 0.1) is 28.6 Å². The van der Waals surface area contributed by atoms with Crippen molar-refractivity contribution in [2.24, 2.45) is 0 Å². The van der Waals surface area contributed by atoms with Crippen LogP contribution in [-0.4, -0.2) is 69.8 Å². The Hall–Kier alpha value is -4.53. The van der Waals surface area contributed by atoms with Crippen LogP contribution in [0.1, 0.15) is 18.2 Å². The Morgan fingerprint density at radius 1 is 1.05 bits per heavy atom. The second kappa shape index (κ2) is 11.9. The molecule has 1 fully saturated rings. The van der Waals surface area contributed by atoms with E-state index in [4.69, 9.17) is 9.97 Å². The lowest BCUT2D eigenvalue weighted by molar-refractivity contribution is 0.313. The van der Waals surface area contributed by atoms with Crippen molar-refractivity contribution < 1.29 is 0 Å². The molecule has 8 heteroatoms. The SMILES string of the molecule is C=C/C(=C\C(=C/C)c1cc2c(-c3nc4c(N5CCN(C)CC5)cccc4[nH]3)n[nH]c2cn1)CNCc1ccccc1. The van der Waals surface area contributed by atoms with Crippen LogP contribution >= 0.6 is 0 Å². The zero-order chi connectivity index (χ0) is 28.2. The number of fused-ring (bicyclic) bond motifs is 2. The zero-order valence-electron chi connectivity index (χ0n) is 23.7. The number of imidazole rings is 1. The Bertz CT molecular complexity index is 1720. The first kappa shape index (κ1) is 26.7. The largest absolute Gasteiger partial charge is 0.367 e. The number of rotatable bonds is 9. The molecule has 0 bridgehead atoms. The summed E-state index contributed by atoms with van der Waals surface area (Å²) < 4.78 is 0. The number of allylic oxidation sites excluding steroid dienone is 3. The van der Waals surface area contributed by atoms with E-state index in [0.717, 1.165) is 83.0 Å². The minimum absolute atomic E-state index is 0.712. The van der Waals surface area contributed by atoms with E-state index in [1.165, 1.54) is 11.3 Å². The van der Waals surface area contributed by atoms with Crippen molar-refractivity contribution in [2.45, 2.75) is 13.5 Å². The van der Waals surface area contributed by atoms with Crippen molar-refractivity contribution in [3.8, 4) is 11.5 Å². The minimum atomic E-state index is 0.712. The first-order chi connectivity index (χ1) is 20.1. The Morgan fingerprint density at radius 3 is 2.66 bits per heavy atom. The fourth-order valence-corrected chi connectivity index (χ4v) is 5.32. The number of nitrogens with zero attached hydrogens (tertiary/aromatic N) is 5. The molecule has 3 aromatic heterocycles. The summed E-state index contributed by atoms with van der Waals surface area (Å²) in [6.07, 6.45) is 7.97. The van der Waals surface area contributed by atoms with E-state index in [2.05, 4.69) is 105 Å². The lowest BCUT2D eigenvalue weighted by atomic mass is 10.1. The highest BCUT2D eigenvalue weighted by Gasteiger charge is 2.20. The molecule has 8 nitrogen and oxygen atoms in total. The minimum Gasteiger partial charge on any atom is -0.367 e. The van der Waals surface area contributed by atoms with Gasteiger partial charge in [0.25, 0.3) is 0 Å². The van der Waals surface area contributed by atoms with Gasteiger partial charge in [-0.05, 0) is 55.0 Å². The third-order valence-electron chi connectivity index (χ3n) is 7.72. The second-order valence-electron chi connectivity index (χ2n) is 10.5. The molecular weight excluding hydrogens is 508 g/mol. The van der Waals surface area contributed by atoms with E-state index < -0.39 is 0 Å². The first-order valence-electron chi connectivity index (χ1n) is 14.1. The molecule has 0 radical (unpaired) electrons. The second-order valence-corrected chi connectivity index (χ2v) is 10.5. The zero-order valence-corrected chi connectivity index (χ0v) is 23.7. The number of H-pyrrole nitrogens is 2. The van der Waals surface area contributed by atoms with E-state index >= 15 is 0 Å². The molecule has 5 aromatic rings. The van der Waals surface area contributed by atoms with E-state index in [1.807, 2.05) is 25.3 Å². The van der Waals surface area contributed by atoms with Gasteiger partial charge in [0.15, 0.2) is 5.82 Å². The number of hydrogen-bond donors (Lipinski definition) is 3. The number of aromatic amines is 2. The van der Waals surface area contributed by atoms with Crippen LogP contribution < -0.4 is 10.2 Å². The van der Waals surface area contributed by atoms with Crippen molar-refractivity contribution in [1.82, 2.24) is 35.4 Å². The number of likely N-dealkylation sites (N-methyl/N-ethyl adjacent to an activating group) is 1. The highest BCUT2D eigenvalue weighted by atomic mass is 15.3. The summed E-state index contributed by atoms with van der Waals surface area (Å²) in [5, 5.41) is 12.3. The van der Waals surface area contributed by atoms with Gasteiger partial charge < -0.3 is 20.1 Å². The van der Waals surface area contributed by atoms with Crippen LogP contribution in [0.5, 0.6) is 0 Å². The molecule has 4 heterocycles. The first-order valence-corrected chi connectivity index (χ1v) is 14.1. The van der Waals surface area contributed by atoms with E-state index in [9.17, 15) is 0 Å². The third-order valence-corrected chi connectivity index (χ3v) is 7.72. The fourth-order valence-electron chi connectivity index (χ4n) is 5.32. The van der Waals surface area contributed by atoms with Crippen LogP contribution in [0.2, 0.25) is 0 Å². The number of anilines is 1. The number of benzene rings is 2. The molecule has 41 heavy (non-hydrogen) atoms. The summed E-state index contributed by atoms with van der Waals surface area (Å²) >= 11 is 0. The molecule has 208 valence electrons. The summed E-state index contributed by atoms with van der Waals surface area (Å²) in [6.45, 7) is 11.7. The van der Waals surface area contributed by atoms with Crippen LogP contribution in [0.15, 0.2) is 91.2 Å². The van der Waals surface area contributed by atoms with Gasteiger partial charge >= 0.3 is 0 Å². The Balaban J connectivity index is 1.27. The summed E-state index contributed by atoms with van der Waals surface area (Å²) in [5.41, 5.74) is 9.07. The van der Waals surface area contributed by atoms with Gasteiger partial charge in [-0.3, -0.25) is 10.1 Å². The predicted molar refractivity (Wildman–Crippen MR) is 169 cm³/mol. The van der Waals surface area contributed by atoms with Gasteiger partial charge in [0.2, 0.25) is 0 Å². The van der Waals surface area contributed by atoms with Gasteiger partial charge in [-0.2, -0.15) is 5.10 Å². The van der Waals surface area contributed by atoms with Crippen LogP contribution in [-0.2, 0) is 6.54 Å². The molecular formula is C33H36N8. The fraction of sp³-hybridized carbons (Fsp3) is 0.242. The number of hydrogen-bond acceptors (Lipinski definition) is 6. The molecule has 0 unspecified atom stereocenters. The van der Waals surface area contributed by atoms with Crippen molar-refractivity contribution in [3.05, 3.63) is 102 Å². The number of nitrogens with one attached hydrogen (secondary N) is 3. The number of pyridine rings is 1. The quantitative estimate of drug-likeness (QED) is 0.211. The Morgan fingerprint density at radius 2 is 1.88 bits per heavy atom. The predicted octanol–water partition coefficient (Wildman–Crippen LogP) is 5.56. The molecule has 6 rings (SSSR count). The monoisotopic (exact) mass is 544 g/mol. The standard InChI is InChI=1S/C33H36N8/c1-4-23(20-34-21-24-10-7-6-8-11-24)18-25(5-2)28-19-26-29(22-35-28)38-39-31(26)33-36-27-12-9-13-30(32(27)37-33)41-16-14-40(3)15-17-41/h4-13,18-19,22,34H,1,14-17,20-21H2,2-3H3,(H,36,37)(H,38,39)/b23-18+,25-5+. The lowest BCUT2D eigenvalue weighted by Crippen LogP contribution is -2.44. The third kappa shape index (κ3) is 5.70. The van der Waals surface area contributed by atoms with Gasteiger partial charge in [-0.1, -0.05) is 55.1 Å². The summed E-state index contributed by atoms with van der Waals surface area (Å²) in [5.74, 6) is 0.749. The average molecular weight is 545 g/mol. The van der Waals surface area contributed by atoms with Crippen molar-refractivity contribution >= 4 is 33.2 Å². The molecule has 3 N–H and O–H groups in total. The maximum atomic E-state index is 5.05. The average Bonchev–Trinajstić information content (AvgIpc) is 3.64.